The van der Waals surface area contributed by atoms with Crippen LogP contribution in [0, 0.1) is 0 Å². The SMILES string of the molecule is c1ccc(-c2ccc(-c3c4ccccc4c(-c4cc(-c5ccccc5)c5oc6cc7ccccc7cc6c5c4)c4ccccc34)cc2)cc1. The fourth-order valence-corrected chi connectivity index (χ4v) is 7.75. The summed E-state index contributed by atoms with van der Waals surface area (Å²) in [6.45, 7) is 0. The molecule has 0 atom stereocenters. The molecule has 0 radical (unpaired) electrons. The second-order valence-corrected chi connectivity index (χ2v) is 12.8. The third-order valence-electron chi connectivity index (χ3n) is 10.0. The van der Waals surface area contributed by atoms with Crippen LogP contribution in [0.25, 0.3) is 98.8 Å². The Bertz CT molecular complexity index is 2790. The first kappa shape index (κ1) is 27.7. The summed E-state index contributed by atoms with van der Waals surface area (Å²) in [5.74, 6) is 0. The molecule has 0 saturated carbocycles. The van der Waals surface area contributed by atoms with Crippen LogP contribution in [0.2, 0.25) is 0 Å². The van der Waals surface area contributed by atoms with Crippen LogP contribution < -0.4 is 0 Å². The predicted molar refractivity (Wildman–Crippen MR) is 208 cm³/mol. The average molecular weight is 623 g/mol. The molecule has 0 aliphatic rings. The van der Waals surface area contributed by atoms with Crippen molar-refractivity contribution in [2.24, 2.45) is 0 Å². The molecule has 10 rings (SSSR count). The molecule has 1 nitrogen and oxygen atoms in total. The van der Waals surface area contributed by atoms with Gasteiger partial charge in [-0.25, -0.2) is 0 Å². The Morgan fingerprint density at radius 2 is 0.755 bits per heavy atom. The monoisotopic (exact) mass is 622 g/mol. The van der Waals surface area contributed by atoms with Crippen LogP contribution >= 0.6 is 0 Å². The number of fused-ring (bicyclic) bond motifs is 6. The minimum Gasteiger partial charge on any atom is -0.455 e. The highest BCUT2D eigenvalue weighted by molar-refractivity contribution is 6.23. The van der Waals surface area contributed by atoms with Crippen molar-refractivity contribution in [2.45, 2.75) is 0 Å². The van der Waals surface area contributed by atoms with Crippen LogP contribution in [0.1, 0.15) is 0 Å². The highest BCUT2D eigenvalue weighted by Crippen LogP contribution is 2.47. The van der Waals surface area contributed by atoms with E-state index in [1.54, 1.807) is 0 Å². The average Bonchev–Trinajstić information content (AvgIpc) is 3.53. The lowest BCUT2D eigenvalue weighted by atomic mass is 9.84. The van der Waals surface area contributed by atoms with E-state index in [9.17, 15) is 0 Å². The lowest BCUT2D eigenvalue weighted by molar-refractivity contribution is 0.670. The summed E-state index contributed by atoms with van der Waals surface area (Å²) >= 11 is 0. The van der Waals surface area contributed by atoms with Gasteiger partial charge in [0.25, 0.3) is 0 Å². The van der Waals surface area contributed by atoms with E-state index in [2.05, 4.69) is 182 Å². The Morgan fingerprint density at radius 3 is 1.37 bits per heavy atom. The fraction of sp³-hybridized carbons (Fsp3) is 0. The normalized spacial score (nSPS) is 11.7. The molecule has 0 bridgehead atoms. The first-order valence-electron chi connectivity index (χ1n) is 16.8. The molecule has 0 saturated heterocycles. The van der Waals surface area contributed by atoms with Crippen LogP contribution in [-0.2, 0) is 0 Å². The number of rotatable bonds is 4. The summed E-state index contributed by atoms with van der Waals surface area (Å²) in [7, 11) is 0. The van der Waals surface area contributed by atoms with Crippen molar-refractivity contribution >= 4 is 54.3 Å². The van der Waals surface area contributed by atoms with Gasteiger partial charge >= 0.3 is 0 Å². The molecule has 0 fully saturated rings. The summed E-state index contributed by atoms with van der Waals surface area (Å²) in [4.78, 5) is 0. The number of hydrogen-bond acceptors (Lipinski definition) is 1. The van der Waals surface area contributed by atoms with Crippen molar-refractivity contribution < 1.29 is 4.42 Å². The molecule has 1 heterocycles. The third kappa shape index (κ3) is 4.47. The van der Waals surface area contributed by atoms with Gasteiger partial charge in [-0.1, -0.05) is 158 Å². The largest absolute Gasteiger partial charge is 0.455 e. The molecule has 0 amide bonds. The van der Waals surface area contributed by atoms with Gasteiger partial charge < -0.3 is 4.42 Å². The molecule has 0 aliphatic heterocycles. The fourth-order valence-electron chi connectivity index (χ4n) is 7.75. The maximum Gasteiger partial charge on any atom is 0.143 e. The van der Waals surface area contributed by atoms with E-state index in [1.165, 1.54) is 65.7 Å². The molecule has 10 aromatic rings. The van der Waals surface area contributed by atoms with Gasteiger partial charge in [-0.3, -0.25) is 0 Å². The summed E-state index contributed by atoms with van der Waals surface area (Å²) in [5.41, 5.74) is 11.4. The topological polar surface area (TPSA) is 13.1 Å². The van der Waals surface area contributed by atoms with Crippen LogP contribution in [0.4, 0.5) is 0 Å². The van der Waals surface area contributed by atoms with Crippen molar-refractivity contribution in [3.05, 3.63) is 182 Å². The summed E-state index contributed by atoms with van der Waals surface area (Å²) in [5, 5.41) is 9.62. The molecule has 9 aromatic carbocycles. The first-order valence-corrected chi connectivity index (χ1v) is 16.8. The Hall–Kier alpha value is -6.44. The molecule has 228 valence electrons. The van der Waals surface area contributed by atoms with Gasteiger partial charge in [-0.05, 0) is 95.5 Å². The molecule has 0 aliphatic carbocycles. The zero-order valence-corrected chi connectivity index (χ0v) is 26.7. The van der Waals surface area contributed by atoms with Gasteiger partial charge in [0.15, 0.2) is 0 Å². The van der Waals surface area contributed by atoms with Crippen molar-refractivity contribution in [3.8, 4) is 44.5 Å². The first-order chi connectivity index (χ1) is 24.3. The van der Waals surface area contributed by atoms with Crippen LogP contribution in [-0.4, -0.2) is 0 Å². The lowest BCUT2D eigenvalue weighted by Gasteiger charge is -2.18. The van der Waals surface area contributed by atoms with E-state index >= 15 is 0 Å². The zero-order valence-electron chi connectivity index (χ0n) is 26.7. The van der Waals surface area contributed by atoms with Crippen molar-refractivity contribution in [1.82, 2.24) is 0 Å². The number of benzene rings is 9. The summed E-state index contributed by atoms with van der Waals surface area (Å²) in [6, 6.07) is 65.7. The van der Waals surface area contributed by atoms with Gasteiger partial charge in [0, 0.05) is 16.3 Å². The molecule has 1 aromatic heterocycles. The second-order valence-electron chi connectivity index (χ2n) is 12.8. The molecule has 1 heteroatoms. The standard InChI is InChI=1S/C48H30O/c1-3-13-31(14-4-1)32-23-25-34(26-24-32)46-38-19-9-11-21-40(38)47(41-22-12-10-20-39(41)46)37-28-42(33-15-5-2-6-16-33)48-44(29-37)43-27-35-17-7-8-18-36(35)30-45(43)49-48/h1-30H. The van der Waals surface area contributed by atoms with Gasteiger partial charge in [0.1, 0.15) is 11.2 Å². The third-order valence-corrected chi connectivity index (χ3v) is 10.0. The predicted octanol–water partition coefficient (Wildman–Crippen LogP) is 13.7. The molecule has 0 unspecified atom stereocenters. The molecule has 0 N–H and O–H groups in total. The van der Waals surface area contributed by atoms with E-state index in [-0.39, 0.29) is 0 Å². The molecule has 0 spiro atoms. The quantitative estimate of drug-likeness (QED) is 0.178. The maximum atomic E-state index is 6.73. The summed E-state index contributed by atoms with van der Waals surface area (Å²) < 4.78 is 6.73. The Morgan fingerprint density at radius 1 is 0.286 bits per heavy atom. The van der Waals surface area contributed by atoms with Crippen LogP contribution in [0.15, 0.2) is 186 Å². The van der Waals surface area contributed by atoms with Crippen molar-refractivity contribution in [3.63, 3.8) is 0 Å². The Kier molecular flexibility index (Phi) is 6.25. The van der Waals surface area contributed by atoms with Gasteiger partial charge in [0.05, 0.1) is 0 Å². The lowest BCUT2D eigenvalue weighted by Crippen LogP contribution is -1.92. The second kappa shape index (κ2) is 11.1. The maximum absolute atomic E-state index is 6.73. The van der Waals surface area contributed by atoms with E-state index in [1.807, 2.05) is 0 Å². The Balaban J connectivity index is 1.28. The molecular weight excluding hydrogens is 593 g/mol. The highest BCUT2D eigenvalue weighted by Gasteiger charge is 2.20. The smallest absolute Gasteiger partial charge is 0.143 e. The van der Waals surface area contributed by atoms with E-state index in [0.29, 0.717) is 0 Å². The zero-order chi connectivity index (χ0) is 32.3. The van der Waals surface area contributed by atoms with Crippen LogP contribution in [0.3, 0.4) is 0 Å². The summed E-state index contributed by atoms with van der Waals surface area (Å²) in [6.07, 6.45) is 0. The van der Waals surface area contributed by atoms with E-state index < -0.39 is 0 Å². The Labute approximate surface area is 284 Å². The van der Waals surface area contributed by atoms with Gasteiger partial charge in [-0.2, -0.15) is 0 Å². The minimum atomic E-state index is 0.909. The molecule has 49 heavy (non-hydrogen) atoms. The van der Waals surface area contributed by atoms with Crippen LogP contribution in [0.5, 0.6) is 0 Å². The van der Waals surface area contributed by atoms with Crippen molar-refractivity contribution in [2.75, 3.05) is 0 Å². The minimum absolute atomic E-state index is 0.909. The number of furan rings is 1. The van der Waals surface area contributed by atoms with Gasteiger partial charge in [-0.15, -0.1) is 0 Å². The number of hydrogen-bond donors (Lipinski definition) is 0. The van der Waals surface area contributed by atoms with E-state index in [0.717, 1.165) is 33.1 Å². The van der Waals surface area contributed by atoms with E-state index in [4.69, 9.17) is 4.42 Å². The highest BCUT2D eigenvalue weighted by atomic mass is 16.3. The molecular formula is C48H30O. The van der Waals surface area contributed by atoms with Gasteiger partial charge in [0.2, 0.25) is 0 Å². The van der Waals surface area contributed by atoms with Crippen molar-refractivity contribution in [1.29, 1.82) is 0 Å².